The van der Waals surface area contributed by atoms with Gasteiger partial charge in [0.1, 0.15) is 0 Å². The Bertz CT molecular complexity index is 321. The average molecular weight is 279 g/mol. The Kier molecular flexibility index (Phi) is 7.10. The van der Waals surface area contributed by atoms with Gasteiger partial charge in [0.25, 0.3) is 10.2 Å². The molecule has 0 spiro atoms. The van der Waals surface area contributed by atoms with Crippen molar-refractivity contribution < 1.29 is 13.2 Å². The van der Waals surface area contributed by atoms with Gasteiger partial charge in [0, 0.05) is 32.3 Å². The van der Waals surface area contributed by atoms with Crippen LogP contribution in [0.15, 0.2) is 0 Å². The highest BCUT2D eigenvalue weighted by Gasteiger charge is 2.28. The Morgan fingerprint density at radius 2 is 2.17 bits per heavy atom. The minimum atomic E-state index is -3.32. The van der Waals surface area contributed by atoms with Gasteiger partial charge in [-0.05, 0) is 26.2 Å². The monoisotopic (exact) mass is 279 g/mol. The first-order valence-electron chi connectivity index (χ1n) is 6.62. The third kappa shape index (κ3) is 5.19. The van der Waals surface area contributed by atoms with E-state index in [-0.39, 0.29) is 6.04 Å². The SMILES string of the molecule is CC1CCCCN1S(=O)(=O)NCCCOCCN. The first kappa shape index (κ1) is 15.8. The molecule has 0 aromatic carbocycles. The molecule has 0 saturated carbocycles. The zero-order valence-corrected chi connectivity index (χ0v) is 11.9. The molecule has 0 amide bonds. The van der Waals surface area contributed by atoms with Crippen LogP contribution in [0.4, 0.5) is 0 Å². The second-order valence-electron chi connectivity index (χ2n) is 4.61. The molecule has 3 N–H and O–H groups in total. The molecule has 18 heavy (non-hydrogen) atoms. The summed E-state index contributed by atoms with van der Waals surface area (Å²) in [7, 11) is -3.32. The number of hydrogen-bond donors (Lipinski definition) is 2. The highest BCUT2D eigenvalue weighted by atomic mass is 32.2. The number of rotatable bonds is 8. The van der Waals surface area contributed by atoms with E-state index in [1.165, 1.54) is 0 Å². The van der Waals surface area contributed by atoms with Crippen molar-refractivity contribution in [2.75, 3.05) is 32.8 Å². The normalized spacial score (nSPS) is 22.2. The lowest BCUT2D eigenvalue weighted by Gasteiger charge is -2.32. The fourth-order valence-electron chi connectivity index (χ4n) is 2.07. The van der Waals surface area contributed by atoms with E-state index in [4.69, 9.17) is 10.5 Å². The molecule has 7 heteroatoms. The quantitative estimate of drug-likeness (QED) is 0.615. The van der Waals surface area contributed by atoms with Gasteiger partial charge in [-0.1, -0.05) is 6.42 Å². The van der Waals surface area contributed by atoms with Gasteiger partial charge in [0.05, 0.1) is 6.61 Å². The third-order valence-electron chi connectivity index (χ3n) is 3.06. The van der Waals surface area contributed by atoms with Crippen molar-refractivity contribution in [3.8, 4) is 0 Å². The molecule has 6 nitrogen and oxygen atoms in total. The highest BCUT2D eigenvalue weighted by Crippen LogP contribution is 2.18. The first-order chi connectivity index (χ1) is 8.58. The second kappa shape index (κ2) is 8.06. The number of nitrogens with two attached hydrogens (primary N) is 1. The molecule has 1 atom stereocenters. The fourth-order valence-corrected chi connectivity index (χ4v) is 3.59. The molecule has 1 unspecified atom stereocenters. The predicted octanol–water partition coefficient (Wildman–Crippen LogP) is 0.0606. The van der Waals surface area contributed by atoms with Gasteiger partial charge in [-0.2, -0.15) is 12.7 Å². The fraction of sp³-hybridized carbons (Fsp3) is 1.00. The van der Waals surface area contributed by atoms with Gasteiger partial charge < -0.3 is 10.5 Å². The number of nitrogens with one attached hydrogen (secondary N) is 1. The largest absolute Gasteiger partial charge is 0.380 e. The molecule has 0 aromatic rings. The molecule has 1 heterocycles. The lowest BCUT2D eigenvalue weighted by atomic mass is 10.1. The van der Waals surface area contributed by atoms with E-state index in [1.807, 2.05) is 6.92 Å². The predicted molar refractivity (Wildman–Crippen MR) is 71.4 cm³/mol. The zero-order chi connectivity index (χ0) is 13.4. The van der Waals surface area contributed by atoms with Gasteiger partial charge in [-0.3, -0.25) is 0 Å². The molecule has 1 fully saturated rings. The van der Waals surface area contributed by atoms with E-state index in [2.05, 4.69) is 4.72 Å². The molecule has 108 valence electrons. The number of hydrogen-bond acceptors (Lipinski definition) is 4. The van der Waals surface area contributed by atoms with Crippen molar-refractivity contribution >= 4 is 10.2 Å². The van der Waals surface area contributed by atoms with Crippen molar-refractivity contribution in [3.63, 3.8) is 0 Å². The summed E-state index contributed by atoms with van der Waals surface area (Å²) >= 11 is 0. The summed E-state index contributed by atoms with van der Waals surface area (Å²) < 4.78 is 33.5. The molecule has 1 saturated heterocycles. The molecule has 1 rings (SSSR count). The molecular weight excluding hydrogens is 254 g/mol. The lowest BCUT2D eigenvalue weighted by Crippen LogP contribution is -2.48. The minimum absolute atomic E-state index is 0.102. The summed E-state index contributed by atoms with van der Waals surface area (Å²) in [4.78, 5) is 0. The van der Waals surface area contributed by atoms with Crippen LogP contribution in [0.2, 0.25) is 0 Å². The van der Waals surface area contributed by atoms with Crippen molar-refractivity contribution in [1.82, 2.24) is 9.03 Å². The Morgan fingerprint density at radius 1 is 1.39 bits per heavy atom. The number of piperidine rings is 1. The van der Waals surface area contributed by atoms with Crippen LogP contribution >= 0.6 is 0 Å². The van der Waals surface area contributed by atoms with Crippen molar-refractivity contribution in [3.05, 3.63) is 0 Å². The summed E-state index contributed by atoms with van der Waals surface area (Å²) in [5.74, 6) is 0. The van der Waals surface area contributed by atoms with Gasteiger partial charge >= 0.3 is 0 Å². The van der Waals surface area contributed by atoms with Crippen molar-refractivity contribution in [2.24, 2.45) is 5.73 Å². The third-order valence-corrected chi connectivity index (χ3v) is 4.79. The number of ether oxygens (including phenoxy) is 1. The van der Waals surface area contributed by atoms with Gasteiger partial charge in [-0.25, -0.2) is 4.72 Å². The summed E-state index contributed by atoms with van der Waals surface area (Å²) in [6.45, 7) is 4.56. The number of nitrogens with zero attached hydrogens (tertiary/aromatic N) is 1. The summed E-state index contributed by atoms with van der Waals surface area (Å²) in [5.41, 5.74) is 5.28. The standard InChI is InChI=1S/C11H25N3O3S/c1-11-5-2-3-8-14(11)18(15,16)13-7-4-9-17-10-6-12/h11,13H,2-10,12H2,1H3. The molecule has 0 aliphatic carbocycles. The van der Waals surface area contributed by atoms with Crippen molar-refractivity contribution in [2.45, 2.75) is 38.6 Å². The van der Waals surface area contributed by atoms with E-state index in [9.17, 15) is 8.42 Å². The van der Waals surface area contributed by atoms with Gasteiger partial charge in [0.15, 0.2) is 0 Å². The van der Waals surface area contributed by atoms with Gasteiger partial charge in [-0.15, -0.1) is 0 Å². The van der Waals surface area contributed by atoms with Crippen LogP contribution in [-0.2, 0) is 14.9 Å². The molecule has 0 bridgehead atoms. The Morgan fingerprint density at radius 3 is 2.83 bits per heavy atom. The van der Waals surface area contributed by atoms with Gasteiger partial charge in [0.2, 0.25) is 0 Å². The average Bonchev–Trinajstić information content (AvgIpc) is 2.34. The van der Waals surface area contributed by atoms with E-state index < -0.39 is 10.2 Å². The maximum absolute atomic E-state index is 12.0. The van der Waals surface area contributed by atoms with Crippen LogP contribution < -0.4 is 10.5 Å². The van der Waals surface area contributed by atoms with E-state index in [0.717, 1.165) is 19.3 Å². The van der Waals surface area contributed by atoms with E-state index in [0.29, 0.717) is 39.3 Å². The minimum Gasteiger partial charge on any atom is -0.380 e. The molecule has 0 radical (unpaired) electrons. The zero-order valence-electron chi connectivity index (χ0n) is 11.1. The molecule has 0 aromatic heterocycles. The molecule has 1 aliphatic rings. The molecule has 1 aliphatic heterocycles. The van der Waals surface area contributed by atoms with Crippen LogP contribution in [0.3, 0.4) is 0 Å². The smallest absolute Gasteiger partial charge is 0.279 e. The topological polar surface area (TPSA) is 84.7 Å². The Hall–Kier alpha value is -0.210. The summed E-state index contributed by atoms with van der Waals surface area (Å²) in [6.07, 6.45) is 3.67. The Balaban J connectivity index is 2.26. The maximum Gasteiger partial charge on any atom is 0.279 e. The second-order valence-corrected chi connectivity index (χ2v) is 6.32. The van der Waals surface area contributed by atoms with Crippen LogP contribution in [-0.4, -0.2) is 51.6 Å². The summed E-state index contributed by atoms with van der Waals surface area (Å²) in [6, 6.07) is 0.102. The van der Waals surface area contributed by atoms with Crippen LogP contribution in [0.25, 0.3) is 0 Å². The van der Waals surface area contributed by atoms with Crippen LogP contribution in [0.1, 0.15) is 32.6 Å². The molecular formula is C11H25N3O3S. The maximum atomic E-state index is 12.0. The lowest BCUT2D eigenvalue weighted by molar-refractivity contribution is 0.140. The van der Waals surface area contributed by atoms with Crippen LogP contribution in [0.5, 0.6) is 0 Å². The van der Waals surface area contributed by atoms with Crippen molar-refractivity contribution in [1.29, 1.82) is 0 Å². The first-order valence-corrected chi connectivity index (χ1v) is 8.06. The highest BCUT2D eigenvalue weighted by molar-refractivity contribution is 7.87. The van der Waals surface area contributed by atoms with E-state index in [1.54, 1.807) is 4.31 Å². The Labute approximate surface area is 110 Å². The van der Waals surface area contributed by atoms with E-state index >= 15 is 0 Å². The summed E-state index contributed by atoms with van der Waals surface area (Å²) in [5, 5.41) is 0. The van der Waals surface area contributed by atoms with Crippen LogP contribution in [0, 0.1) is 0 Å².